The maximum absolute atomic E-state index is 14.2. The van der Waals surface area contributed by atoms with Gasteiger partial charge in [-0.2, -0.15) is 0 Å². The molecule has 412 valence electrons. The number of aromatic nitrogens is 2. The molecule has 18 nitrogen and oxygen atoms in total. The van der Waals surface area contributed by atoms with Crippen molar-refractivity contribution < 1.29 is 89.3 Å². The highest BCUT2D eigenvalue weighted by Crippen LogP contribution is 2.39. The fourth-order valence-electron chi connectivity index (χ4n) is 6.69. The summed E-state index contributed by atoms with van der Waals surface area (Å²) in [6.45, 7) is -1.41. The Morgan fingerprint density at radius 1 is 0.571 bits per heavy atom. The van der Waals surface area contributed by atoms with Crippen LogP contribution in [-0.2, 0) is 20.8 Å². The molecule has 9 N–H and O–H groups in total. The predicted octanol–water partition coefficient (Wildman–Crippen LogP) is 7.76. The van der Waals surface area contributed by atoms with Gasteiger partial charge in [0.1, 0.15) is 34.5 Å². The third-order valence-corrected chi connectivity index (χ3v) is 11.4. The summed E-state index contributed by atoms with van der Waals surface area (Å²) in [5.41, 5.74) is 10.1. The molecule has 0 saturated carbocycles. The fraction of sp³-hybridized carbons (Fsp3) is 0.255. The van der Waals surface area contributed by atoms with Crippen molar-refractivity contribution in [3.05, 3.63) is 141 Å². The zero-order valence-corrected chi connectivity index (χ0v) is 42.5. The Labute approximate surface area is 445 Å². The molecule has 0 aliphatic carbocycles. The molecule has 0 aliphatic heterocycles. The lowest BCUT2D eigenvalue weighted by molar-refractivity contribution is -0.120. The number of nitrogens with zero attached hydrogens (tertiary/aromatic N) is 2. The van der Waals surface area contributed by atoms with Gasteiger partial charge in [0.2, 0.25) is 0 Å². The molecule has 6 aromatic rings. The van der Waals surface area contributed by atoms with Gasteiger partial charge in [0, 0.05) is 29.7 Å². The molecule has 2 unspecified atom stereocenters. The van der Waals surface area contributed by atoms with Crippen molar-refractivity contribution in [3.8, 4) is 57.0 Å². The molecule has 0 bridgehead atoms. The molecule has 4 aromatic carbocycles. The number of Topliss-reactive ketones (excluding diaryl/α,β-unsaturated/α-hetero) is 1. The second-order valence-electron chi connectivity index (χ2n) is 15.9. The van der Waals surface area contributed by atoms with Gasteiger partial charge in [0.15, 0.2) is 53.2 Å². The predicted molar refractivity (Wildman–Crippen MR) is 267 cm³/mol. The first-order chi connectivity index (χ1) is 36.4. The number of ketones is 1. The number of carboxylic acids is 1. The average Bonchev–Trinajstić information content (AvgIpc) is 3.41. The van der Waals surface area contributed by atoms with Crippen molar-refractivity contribution in [3.63, 3.8) is 0 Å². The van der Waals surface area contributed by atoms with Crippen molar-refractivity contribution in [2.24, 2.45) is 17.2 Å². The minimum Gasteiger partial charge on any atom is -0.494 e. The van der Waals surface area contributed by atoms with Crippen molar-refractivity contribution in [1.29, 1.82) is 0 Å². The summed E-state index contributed by atoms with van der Waals surface area (Å²) in [5, 5.41) is 29.4. The molecule has 26 heteroatoms. The van der Waals surface area contributed by atoms with Gasteiger partial charge in [-0.25, -0.2) is 41.1 Å². The third kappa shape index (κ3) is 15.8. The van der Waals surface area contributed by atoms with Crippen LogP contribution in [0.3, 0.4) is 0 Å². The molecule has 0 spiro atoms. The molecule has 0 radical (unpaired) electrons. The standard InChI is InChI=1S/C26H24ClF3N2O6.C15H14ClF3N2O2.C10H11NO5/c1-36-20-7-8-22(32-24(20)15-3-5-17(28)16(27)11-15)26(35,25(29)30)10-9-18(33)14-4-6-19(21(12-14)37-2)38-13-23(31)34;1-23-11-4-5-12(15(22,7-20)14(18)19)21-13(11)8-2-3-10(17)9(16)6-8;1-15-8-4-6(10(13)14)2-3-7(8)16-5-9(11)12/h3-8,11-12,25,35H,9-10,13H2,1-2H3,(H2,31,34);2-6,14,22H,7,20H2,1H3;2-4H,5H2,1H3,(H2,11,12)(H,13,14). The van der Waals surface area contributed by atoms with Crippen LogP contribution in [0.5, 0.6) is 34.5 Å². The Kier molecular flexibility index (Phi) is 22.2. The Bertz CT molecular complexity index is 3070. The number of hydrogen-bond acceptors (Lipinski definition) is 15. The van der Waals surface area contributed by atoms with Crippen LogP contribution in [0.1, 0.15) is 44.9 Å². The number of nitrogens with two attached hydrogens (primary N) is 3. The van der Waals surface area contributed by atoms with Gasteiger partial charge < -0.3 is 60.9 Å². The molecular formula is C51H49Cl2F6N5O13. The summed E-state index contributed by atoms with van der Waals surface area (Å²) >= 11 is 11.6. The summed E-state index contributed by atoms with van der Waals surface area (Å²) in [6.07, 6.45) is -7.58. The van der Waals surface area contributed by atoms with Crippen LogP contribution in [0.25, 0.3) is 22.5 Å². The van der Waals surface area contributed by atoms with Crippen LogP contribution in [-0.4, -0.2) is 110 Å². The lowest BCUT2D eigenvalue weighted by Crippen LogP contribution is -2.42. The zero-order valence-electron chi connectivity index (χ0n) is 41.0. The summed E-state index contributed by atoms with van der Waals surface area (Å²) in [4.78, 5) is 53.2. The molecule has 0 saturated heterocycles. The molecule has 6 rings (SSSR count). The highest BCUT2D eigenvalue weighted by molar-refractivity contribution is 6.31. The Balaban J connectivity index is 0.000000277. The van der Waals surface area contributed by atoms with E-state index in [1.54, 1.807) is 0 Å². The van der Waals surface area contributed by atoms with Gasteiger partial charge in [-0.3, -0.25) is 14.4 Å². The normalized spacial score (nSPS) is 12.4. The number of primary amides is 2. The van der Waals surface area contributed by atoms with Gasteiger partial charge in [-0.1, -0.05) is 23.2 Å². The second kappa shape index (κ2) is 27.8. The first kappa shape index (κ1) is 61.6. The minimum absolute atomic E-state index is 0.0496. The number of benzene rings is 4. The number of carboxylic acid groups (broad SMARTS) is 1. The molecule has 2 atom stereocenters. The first-order valence-corrected chi connectivity index (χ1v) is 22.8. The van der Waals surface area contributed by atoms with E-state index in [2.05, 4.69) is 9.97 Å². The number of alkyl halides is 4. The van der Waals surface area contributed by atoms with Crippen LogP contribution in [0.15, 0.2) is 97.1 Å². The lowest BCUT2D eigenvalue weighted by Gasteiger charge is -2.27. The number of aromatic carboxylic acids is 1. The van der Waals surface area contributed by atoms with E-state index in [-0.39, 0.29) is 84.9 Å². The van der Waals surface area contributed by atoms with Gasteiger partial charge in [-0.15, -0.1) is 0 Å². The number of amides is 2. The van der Waals surface area contributed by atoms with E-state index in [1.807, 2.05) is 0 Å². The number of pyridine rings is 2. The quantitative estimate of drug-likeness (QED) is 0.0280. The van der Waals surface area contributed by atoms with Gasteiger partial charge >= 0.3 is 5.97 Å². The summed E-state index contributed by atoms with van der Waals surface area (Å²) in [6, 6.07) is 20.6. The van der Waals surface area contributed by atoms with E-state index < -0.39 is 90.9 Å². The highest BCUT2D eigenvalue weighted by Gasteiger charge is 2.42. The van der Waals surface area contributed by atoms with E-state index in [0.29, 0.717) is 5.56 Å². The van der Waals surface area contributed by atoms with Crippen LogP contribution >= 0.6 is 23.2 Å². The monoisotopic (exact) mass is 1120 g/mol. The van der Waals surface area contributed by atoms with Crippen molar-refractivity contribution in [1.82, 2.24) is 9.97 Å². The Hall–Kier alpha value is -7.90. The molecule has 2 amide bonds. The fourth-order valence-corrected chi connectivity index (χ4v) is 7.05. The number of carbonyl (C=O) groups excluding carboxylic acids is 3. The smallest absolute Gasteiger partial charge is 0.335 e. The van der Waals surface area contributed by atoms with E-state index >= 15 is 0 Å². The number of methoxy groups -OCH3 is 4. The number of hydrogen-bond donors (Lipinski definition) is 6. The van der Waals surface area contributed by atoms with Crippen molar-refractivity contribution in [2.45, 2.75) is 36.9 Å². The maximum Gasteiger partial charge on any atom is 0.335 e. The van der Waals surface area contributed by atoms with Gasteiger partial charge in [0.05, 0.1) is 55.4 Å². The van der Waals surface area contributed by atoms with Crippen molar-refractivity contribution in [2.75, 3.05) is 48.2 Å². The zero-order chi connectivity index (χ0) is 57.4. The molecule has 2 heterocycles. The van der Waals surface area contributed by atoms with Crippen molar-refractivity contribution >= 4 is 46.8 Å². The lowest BCUT2D eigenvalue weighted by atomic mass is 9.90. The van der Waals surface area contributed by atoms with Crippen LogP contribution in [0.4, 0.5) is 26.3 Å². The number of ether oxygens (including phenoxy) is 6. The number of carbonyl (C=O) groups is 4. The largest absolute Gasteiger partial charge is 0.494 e. The van der Waals surface area contributed by atoms with Gasteiger partial charge in [0.25, 0.3) is 24.7 Å². The molecule has 0 fully saturated rings. The number of rotatable bonds is 22. The summed E-state index contributed by atoms with van der Waals surface area (Å²) in [5.74, 6) is -3.06. The van der Waals surface area contributed by atoms with Gasteiger partial charge in [-0.05, 0) is 103 Å². The summed E-state index contributed by atoms with van der Waals surface area (Å²) in [7, 11) is 5.39. The van der Waals surface area contributed by atoms with E-state index in [9.17, 15) is 55.7 Å². The molecule has 0 aliphatic rings. The van der Waals surface area contributed by atoms with Crippen LogP contribution in [0, 0.1) is 11.6 Å². The Morgan fingerprint density at radius 3 is 1.32 bits per heavy atom. The minimum atomic E-state index is -3.31. The average molecular weight is 1120 g/mol. The molecule has 2 aromatic heterocycles. The second-order valence-corrected chi connectivity index (χ2v) is 16.7. The SMILES string of the molecule is COc1cc(C(=O)CCC(O)(c2ccc(OC)c(-c3ccc(F)c(Cl)c3)n2)C(F)F)ccc1OCC(N)=O.COc1cc(C(=O)O)ccc1OCC(N)=O.COc1ccc(C(O)(CN)C(F)F)nc1-c1ccc(F)c(Cl)c1. The third-order valence-electron chi connectivity index (χ3n) is 10.8. The summed E-state index contributed by atoms with van der Waals surface area (Å²) < 4.78 is 112. The molecule has 77 heavy (non-hydrogen) atoms. The topological polar surface area (TPSA) is 288 Å². The first-order valence-electron chi connectivity index (χ1n) is 22.0. The Morgan fingerprint density at radius 2 is 0.961 bits per heavy atom. The van der Waals surface area contributed by atoms with Crippen LogP contribution < -0.4 is 45.6 Å². The number of halogens is 8. The van der Waals surface area contributed by atoms with E-state index in [4.69, 9.17) is 73.9 Å². The van der Waals surface area contributed by atoms with Crippen LogP contribution in [0.2, 0.25) is 10.0 Å². The van der Waals surface area contributed by atoms with E-state index in [1.165, 1.54) is 107 Å². The molecular weight excluding hydrogens is 1080 g/mol. The number of aliphatic hydroxyl groups is 2. The highest BCUT2D eigenvalue weighted by atomic mass is 35.5. The maximum atomic E-state index is 14.2. The van der Waals surface area contributed by atoms with E-state index in [0.717, 1.165) is 18.2 Å².